The predicted octanol–water partition coefficient (Wildman–Crippen LogP) is 3.07. The summed E-state index contributed by atoms with van der Waals surface area (Å²) in [5.74, 6) is 2.40. The maximum absolute atomic E-state index is 11.0. The molecule has 0 bridgehead atoms. The molecule has 0 radical (unpaired) electrons. The Morgan fingerprint density at radius 2 is 1.96 bits per heavy atom. The summed E-state index contributed by atoms with van der Waals surface area (Å²) < 4.78 is 7.53. The molecule has 0 saturated carbocycles. The van der Waals surface area contributed by atoms with Crippen molar-refractivity contribution in [3.05, 3.63) is 59.8 Å². The van der Waals surface area contributed by atoms with Gasteiger partial charge in [-0.3, -0.25) is 0 Å². The van der Waals surface area contributed by atoms with Crippen LogP contribution in [0.15, 0.2) is 48.7 Å². The molecular weight excluding hydrogens is 318 g/mol. The van der Waals surface area contributed by atoms with Crippen LogP contribution in [-0.2, 0) is 0 Å². The second-order valence-corrected chi connectivity index (χ2v) is 5.51. The van der Waals surface area contributed by atoms with Crippen molar-refractivity contribution in [3.63, 3.8) is 0 Å². The molecular formula is C20H17NO4. The van der Waals surface area contributed by atoms with Gasteiger partial charge >= 0.3 is 5.97 Å². The lowest BCUT2D eigenvalue weighted by Crippen LogP contribution is -1.99. The lowest BCUT2D eigenvalue weighted by Gasteiger charge is -2.08. The normalized spacial score (nSPS) is 10.6. The number of aliphatic hydroxyl groups is 1. The average Bonchev–Trinajstić information content (AvgIpc) is 3.00. The number of ether oxygens (including phenoxy) is 1. The van der Waals surface area contributed by atoms with E-state index < -0.39 is 5.97 Å². The smallest absolute Gasteiger partial charge is 0.335 e. The Morgan fingerprint density at radius 3 is 2.60 bits per heavy atom. The number of carboxylic acid groups (broad SMARTS) is 1. The SMILES string of the molecule is C#Cc1cn(-c2ccc(C(=O)O)cc2)c2ccc(OCCCO)cc12. The van der Waals surface area contributed by atoms with Gasteiger partial charge in [-0.25, -0.2) is 4.79 Å². The fourth-order valence-electron chi connectivity index (χ4n) is 2.65. The molecule has 0 aliphatic heterocycles. The fraction of sp³-hybridized carbons (Fsp3) is 0.150. The molecule has 0 atom stereocenters. The molecule has 0 aliphatic rings. The number of carbonyl (C=O) groups is 1. The molecule has 1 aromatic heterocycles. The van der Waals surface area contributed by atoms with Crippen LogP contribution in [0.5, 0.6) is 5.75 Å². The number of fused-ring (bicyclic) bond motifs is 1. The zero-order valence-electron chi connectivity index (χ0n) is 13.5. The number of aliphatic hydroxyl groups excluding tert-OH is 1. The Morgan fingerprint density at radius 1 is 1.20 bits per heavy atom. The van der Waals surface area contributed by atoms with E-state index in [0.29, 0.717) is 18.8 Å². The molecule has 3 aromatic rings. The van der Waals surface area contributed by atoms with E-state index >= 15 is 0 Å². The Bertz CT molecular complexity index is 948. The molecule has 1 heterocycles. The lowest BCUT2D eigenvalue weighted by atomic mass is 10.1. The lowest BCUT2D eigenvalue weighted by molar-refractivity contribution is 0.0697. The van der Waals surface area contributed by atoms with Crippen molar-refractivity contribution < 1.29 is 19.7 Å². The van der Waals surface area contributed by atoms with E-state index in [0.717, 1.165) is 22.2 Å². The zero-order chi connectivity index (χ0) is 17.8. The van der Waals surface area contributed by atoms with E-state index in [-0.39, 0.29) is 12.2 Å². The van der Waals surface area contributed by atoms with Crippen molar-refractivity contribution in [2.75, 3.05) is 13.2 Å². The van der Waals surface area contributed by atoms with E-state index in [1.807, 2.05) is 29.0 Å². The van der Waals surface area contributed by atoms with Gasteiger partial charge in [-0.15, -0.1) is 6.42 Å². The number of terminal acetylenes is 1. The van der Waals surface area contributed by atoms with Crippen LogP contribution in [0.3, 0.4) is 0 Å². The number of rotatable bonds is 6. The minimum absolute atomic E-state index is 0.0839. The molecule has 0 aliphatic carbocycles. The minimum Gasteiger partial charge on any atom is -0.493 e. The number of aromatic carboxylic acids is 1. The first kappa shape index (κ1) is 16.6. The first-order valence-corrected chi connectivity index (χ1v) is 7.83. The van der Waals surface area contributed by atoms with E-state index in [4.69, 9.17) is 21.4 Å². The first-order chi connectivity index (χ1) is 12.1. The Hall–Kier alpha value is -3.23. The number of aromatic nitrogens is 1. The van der Waals surface area contributed by atoms with E-state index in [9.17, 15) is 4.79 Å². The predicted molar refractivity (Wildman–Crippen MR) is 95.4 cm³/mol. The van der Waals surface area contributed by atoms with Crippen LogP contribution < -0.4 is 4.74 Å². The van der Waals surface area contributed by atoms with Crippen LogP contribution in [0.25, 0.3) is 16.6 Å². The number of hydrogen-bond donors (Lipinski definition) is 2. The van der Waals surface area contributed by atoms with Crippen LogP contribution in [0.1, 0.15) is 22.3 Å². The minimum atomic E-state index is -0.960. The highest BCUT2D eigenvalue weighted by atomic mass is 16.5. The summed E-state index contributed by atoms with van der Waals surface area (Å²) in [6.07, 6.45) is 8.04. The monoisotopic (exact) mass is 335 g/mol. The van der Waals surface area contributed by atoms with Gasteiger partial charge in [0.15, 0.2) is 0 Å². The molecule has 25 heavy (non-hydrogen) atoms. The number of nitrogens with zero attached hydrogens (tertiary/aromatic N) is 1. The fourth-order valence-corrected chi connectivity index (χ4v) is 2.65. The molecule has 2 aromatic carbocycles. The highest BCUT2D eigenvalue weighted by Crippen LogP contribution is 2.28. The van der Waals surface area contributed by atoms with E-state index in [1.165, 1.54) is 0 Å². The van der Waals surface area contributed by atoms with Gasteiger partial charge in [-0.2, -0.15) is 0 Å². The molecule has 2 N–H and O–H groups in total. The number of benzene rings is 2. The van der Waals surface area contributed by atoms with E-state index in [2.05, 4.69) is 5.92 Å². The number of hydrogen-bond acceptors (Lipinski definition) is 3. The van der Waals surface area contributed by atoms with Crippen LogP contribution in [0.2, 0.25) is 0 Å². The van der Waals surface area contributed by atoms with Gasteiger partial charge in [0, 0.05) is 30.3 Å². The van der Waals surface area contributed by atoms with Crippen LogP contribution in [0, 0.1) is 12.3 Å². The number of carboxylic acids is 1. The Balaban J connectivity index is 2.01. The second-order valence-electron chi connectivity index (χ2n) is 5.51. The van der Waals surface area contributed by atoms with Gasteiger partial charge in [0.25, 0.3) is 0 Å². The molecule has 0 fully saturated rings. The van der Waals surface area contributed by atoms with Crippen LogP contribution in [-0.4, -0.2) is 34.0 Å². The summed E-state index contributed by atoms with van der Waals surface area (Å²) in [5.41, 5.74) is 2.69. The van der Waals surface area contributed by atoms with Gasteiger partial charge < -0.3 is 19.5 Å². The molecule has 0 spiro atoms. The third kappa shape index (κ3) is 3.35. The third-order valence-electron chi connectivity index (χ3n) is 3.90. The molecule has 0 saturated heterocycles. The van der Waals surface area contributed by atoms with Crippen LogP contribution >= 0.6 is 0 Å². The van der Waals surface area contributed by atoms with Crippen molar-refractivity contribution in [1.29, 1.82) is 0 Å². The maximum Gasteiger partial charge on any atom is 0.335 e. The summed E-state index contributed by atoms with van der Waals surface area (Å²) in [5, 5.41) is 18.7. The molecule has 5 nitrogen and oxygen atoms in total. The van der Waals surface area contributed by atoms with Crippen LogP contribution in [0.4, 0.5) is 0 Å². The molecule has 126 valence electrons. The first-order valence-electron chi connectivity index (χ1n) is 7.83. The standard InChI is InChI=1S/C20H17NO4/c1-2-14-13-21(16-6-4-15(5-7-16)20(23)24)19-9-8-17(12-18(14)19)25-11-3-10-22/h1,4-9,12-13,22H,3,10-11H2,(H,23,24). The molecule has 5 heteroatoms. The van der Waals surface area contributed by atoms with Crippen molar-refractivity contribution in [2.24, 2.45) is 0 Å². The Labute approximate surface area is 145 Å². The average molecular weight is 335 g/mol. The summed E-state index contributed by atoms with van der Waals surface area (Å²) in [6.45, 7) is 0.519. The summed E-state index contributed by atoms with van der Waals surface area (Å²) in [4.78, 5) is 11.0. The largest absolute Gasteiger partial charge is 0.493 e. The highest BCUT2D eigenvalue weighted by Gasteiger charge is 2.11. The van der Waals surface area contributed by atoms with Crippen molar-refractivity contribution in [3.8, 4) is 23.8 Å². The zero-order valence-corrected chi connectivity index (χ0v) is 13.5. The molecule has 3 rings (SSSR count). The van der Waals surface area contributed by atoms with Crippen molar-refractivity contribution in [1.82, 2.24) is 4.57 Å². The quantitative estimate of drug-likeness (QED) is 0.536. The van der Waals surface area contributed by atoms with Gasteiger partial charge in [0.2, 0.25) is 0 Å². The topological polar surface area (TPSA) is 71.7 Å². The van der Waals surface area contributed by atoms with Gasteiger partial charge in [-0.05, 0) is 42.5 Å². The summed E-state index contributed by atoms with van der Waals surface area (Å²) in [7, 11) is 0. The Kier molecular flexibility index (Phi) is 4.73. The van der Waals surface area contributed by atoms with Gasteiger partial charge in [0.1, 0.15) is 5.75 Å². The molecule has 0 unspecified atom stereocenters. The molecule has 0 amide bonds. The maximum atomic E-state index is 11.0. The third-order valence-corrected chi connectivity index (χ3v) is 3.90. The van der Waals surface area contributed by atoms with Crippen molar-refractivity contribution in [2.45, 2.75) is 6.42 Å². The van der Waals surface area contributed by atoms with Crippen molar-refractivity contribution >= 4 is 16.9 Å². The van der Waals surface area contributed by atoms with E-state index in [1.54, 1.807) is 24.3 Å². The second kappa shape index (κ2) is 7.12. The summed E-state index contributed by atoms with van der Waals surface area (Å²) in [6, 6.07) is 12.3. The van der Waals surface area contributed by atoms with Gasteiger partial charge in [-0.1, -0.05) is 5.92 Å². The summed E-state index contributed by atoms with van der Waals surface area (Å²) >= 11 is 0. The highest BCUT2D eigenvalue weighted by molar-refractivity contribution is 5.90. The van der Waals surface area contributed by atoms with Gasteiger partial charge in [0.05, 0.1) is 23.3 Å².